The summed E-state index contributed by atoms with van der Waals surface area (Å²) in [5.74, 6) is -0.0783. The van der Waals surface area contributed by atoms with Crippen molar-refractivity contribution < 1.29 is 18.0 Å². The van der Waals surface area contributed by atoms with E-state index >= 15 is 0 Å². The molecular formula is C21H25N5O4S. The molecule has 1 N–H and O–H groups in total. The lowest BCUT2D eigenvalue weighted by Gasteiger charge is -2.30. The molecule has 1 aromatic carbocycles. The second-order valence-corrected chi connectivity index (χ2v) is 9.49. The van der Waals surface area contributed by atoms with Crippen molar-refractivity contribution in [2.75, 3.05) is 18.4 Å². The number of hydrogen-bond donors (Lipinski definition) is 1. The second-order valence-electron chi connectivity index (χ2n) is 7.55. The molecule has 0 bridgehead atoms. The number of carbonyl (C=O) groups excluding carboxylic acids is 2. The summed E-state index contributed by atoms with van der Waals surface area (Å²) in [6.45, 7) is 4.10. The van der Waals surface area contributed by atoms with Gasteiger partial charge in [-0.1, -0.05) is 12.1 Å². The molecule has 0 aliphatic carbocycles. The summed E-state index contributed by atoms with van der Waals surface area (Å²) in [6.07, 6.45) is 1.09. The van der Waals surface area contributed by atoms with Crippen LogP contribution in [0.5, 0.6) is 0 Å². The van der Waals surface area contributed by atoms with Gasteiger partial charge in [-0.2, -0.15) is 14.7 Å². The van der Waals surface area contributed by atoms with E-state index < -0.39 is 10.0 Å². The highest BCUT2D eigenvalue weighted by Crippen LogP contribution is 2.25. The SMILES string of the molecule is CC(=O)c1ccc(S(=O)(=O)N2CCC(C(=O)Nc3cc(C)nn3CCC#N)CC2)cc1. The van der Waals surface area contributed by atoms with Gasteiger partial charge in [-0.15, -0.1) is 0 Å². The van der Waals surface area contributed by atoms with Gasteiger partial charge in [0.15, 0.2) is 5.78 Å². The van der Waals surface area contributed by atoms with Crippen molar-refractivity contribution in [1.29, 1.82) is 5.26 Å². The summed E-state index contributed by atoms with van der Waals surface area (Å²) < 4.78 is 28.7. The molecule has 3 rings (SSSR count). The van der Waals surface area contributed by atoms with E-state index in [9.17, 15) is 18.0 Å². The predicted octanol–water partition coefficient (Wildman–Crippen LogP) is 2.35. The number of rotatable bonds is 7. The van der Waals surface area contributed by atoms with E-state index in [0.29, 0.717) is 30.8 Å². The summed E-state index contributed by atoms with van der Waals surface area (Å²) in [5, 5.41) is 15.9. The standard InChI is InChI=1S/C21H25N5O4S/c1-15-14-20(26(24-15)11-3-10-22)23-21(28)18-8-12-25(13-9-18)31(29,30)19-6-4-17(5-7-19)16(2)27/h4-7,14,18H,3,8-9,11-13H2,1-2H3,(H,23,28). The van der Waals surface area contributed by atoms with Gasteiger partial charge < -0.3 is 5.32 Å². The van der Waals surface area contributed by atoms with Gasteiger partial charge in [-0.3, -0.25) is 9.59 Å². The Morgan fingerprint density at radius 3 is 2.45 bits per heavy atom. The molecule has 9 nitrogen and oxygen atoms in total. The van der Waals surface area contributed by atoms with Crippen molar-refractivity contribution in [2.45, 2.75) is 44.6 Å². The second kappa shape index (κ2) is 9.41. The third-order valence-corrected chi connectivity index (χ3v) is 7.23. The molecule has 0 spiro atoms. The summed E-state index contributed by atoms with van der Waals surface area (Å²) in [6, 6.07) is 9.70. The van der Waals surface area contributed by atoms with E-state index in [-0.39, 0.29) is 42.0 Å². The van der Waals surface area contributed by atoms with Crippen molar-refractivity contribution in [3.8, 4) is 6.07 Å². The number of carbonyl (C=O) groups is 2. The van der Waals surface area contributed by atoms with E-state index in [1.54, 1.807) is 10.7 Å². The Morgan fingerprint density at radius 2 is 1.87 bits per heavy atom. The molecule has 164 valence electrons. The fourth-order valence-electron chi connectivity index (χ4n) is 3.57. The van der Waals surface area contributed by atoms with Gasteiger partial charge >= 0.3 is 0 Å². The van der Waals surface area contributed by atoms with Crippen LogP contribution >= 0.6 is 0 Å². The number of benzene rings is 1. The van der Waals surface area contributed by atoms with Crippen molar-refractivity contribution in [3.05, 3.63) is 41.6 Å². The number of nitrogens with one attached hydrogen (secondary N) is 1. The van der Waals surface area contributed by atoms with Crippen LogP contribution in [0.25, 0.3) is 0 Å². The maximum absolute atomic E-state index is 12.9. The number of Topliss-reactive ketones (excluding diaryl/α,β-unsaturated/α-hetero) is 1. The fraction of sp³-hybridized carbons (Fsp3) is 0.429. The van der Waals surface area contributed by atoms with Crippen LogP contribution in [0.3, 0.4) is 0 Å². The number of hydrogen-bond acceptors (Lipinski definition) is 6. The van der Waals surface area contributed by atoms with Crippen LogP contribution in [0.4, 0.5) is 5.82 Å². The van der Waals surface area contributed by atoms with Gasteiger partial charge in [0.1, 0.15) is 5.82 Å². The third kappa shape index (κ3) is 5.18. The number of nitrogens with zero attached hydrogens (tertiary/aromatic N) is 4. The van der Waals surface area contributed by atoms with E-state index in [1.165, 1.54) is 35.5 Å². The molecule has 1 aliphatic rings. The Balaban J connectivity index is 1.62. The van der Waals surface area contributed by atoms with Crippen LogP contribution in [0.2, 0.25) is 0 Å². The lowest BCUT2D eigenvalue weighted by Crippen LogP contribution is -2.41. The Bertz CT molecular complexity index is 1110. The van der Waals surface area contributed by atoms with Gasteiger partial charge in [-0.05, 0) is 38.8 Å². The number of amides is 1. The summed E-state index contributed by atoms with van der Waals surface area (Å²) in [7, 11) is -3.68. The number of aromatic nitrogens is 2. The minimum Gasteiger partial charge on any atom is -0.311 e. The number of nitriles is 1. The molecule has 1 aliphatic heterocycles. The first-order valence-electron chi connectivity index (χ1n) is 10.1. The number of ketones is 1. The molecule has 0 saturated carbocycles. The Morgan fingerprint density at radius 1 is 1.23 bits per heavy atom. The minimum atomic E-state index is -3.68. The normalized spacial score (nSPS) is 15.4. The summed E-state index contributed by atoms with van der Waals surface area (Å²) in [5.41, 5.74) is 1.20. The Labute approximate surface area is 181 Å². The Kier molecular flexibility index (Phi) is 6.87. The zero-order chi connectivity index (χ0) is 22.6. The topological polar surface area (TPSA) is 125 Å². The van der Waals surface area contributed by atoms with E-state index in [2.05, 4.69) is 16.5 Å². The van der Waals surface area contributed by atoms with E-state index in [0.717, 1.165) is 5.69 Å². The largest absolute Gasteiger partial charge is 0.311 e. The zero-order valence-corrected chi connectivity index (χ0v) is 18.4. The minimum absolute atomic E-state index is 0.125. The molecule has 2 heterocycles. The van der Waals surface area contributed by atoms with Gasteiger partial charge in [0.25, 0.3) is 0 Å². The zero-order valence-electron chi connectivity index (χ0n) is 17.5. The molecule has 31 heavy (non-hydrogen) atoms. The molecule has 1 amide bonds. The van der Waals surface area contributed by atoms with E-state index in [4.69, 9.17) is 5.26 Å². The summed E-state index contributed by atoms with van der Waals surface area (Å²) in [4.78, 5) is 24.2. The van der Waals surface area contributed by atoms with Gasteiger partial charge in [0.05, 0.1) is 29.6 Å². The van der Waals surface area contributed by atoms with Gasteiger partial charge in [0.2, 0.25) is 15.9 Å². The molecule has 0 unspecified atom stereocenters. The molecule has 1 fully saturated rings. The molecule has 0 atom stereocenters. The first-order valence-corrected chi connectivity index (χ1v) is 11.5. The van der Waals surface area contributed by atoms with Gasteiger partial charge in [-0.25, -0.2) is 13.1 Å². The van der Waals surface area contributed by atoms with Crippen molar-refractivity contribution in [2.24, 2.45) is 5.92 Å². The average molecular weight is 444 g/mol. The van der Waals surface area contributed by atoms with Crippen LogP contribution in [-0.4, -0.2) is 47.3 Å². The molecule has 1 saturated heterocycles. The number of aryl methyl sites for hydroxylation is 2. The molecule has 1 aromatic heterocycles. The van der Waals surface area contributed by atoms with Crippen LogP contribution in [0, 0.1) is 24.2 Å². The molecule has 10 heteroatoms. The first-order chi connectivity index (χ1) is 14.7. The lowest BCUT2D eigenvalue weighted by atomic mass is 9.97. The number of anilines is 1. The highest BCUT2D eigenvalue weighted by molar-refractivity contribution is 7.89. The molecule has 2 aromatic rings. The molecule has 0 radical (unpaired) electrons. The maximum Gasteiger partial charge on any atom is 0.243 e. The van der Waals surface area contributed by atoms with Gasteiger partial charge in [0, 0.05) is 30.6 Å². The Hall–Kier alpha value is -3.03. The van der Waals surface area contributed by atoms with Crippen molar-refractivity contribution in [3.63, 3.8) is 0 Å². The smallest absolute Gasteiger partial charge is 0.243 e. The quantitative estimate of drug-likeness (QED) is 0.655. The highest BCUT2D eigenvalue weighted by Gasteiger charge is 2.32. The third-order valence-electron chi connectivity index (χ3n) is 5.31. The maximum atomic E-state index is 12.9. The van der Waals surface area contributed by atoms with Crippen LogP contribution in [0.1, 0.15) is 42.2 Å². The first kappa shape index (κ1) is 22.7. The number of piperidine rings is 1. The number of sulfonamides is 1. The van der Waals surface area contributed by atoms with Crippen molar-refractivity contribution >= 4 is 27.5 Å². The van der Waals surface area contributed by atoms with E-state index in [1.807, 2.05) is 6.92 Å². The highest BCUT2D eigenvalue weighted by atomic mass is 32.2. The molecular weight excluding hydrogens is 418 g/mol. The fourth-order valence-corrected chi connectivity index (χ4v) is 5.04. The summed E-state index contributed by atoms with van der Waals surface area (Å²) >= 11 is 0. The van der Waals surface area contributed by atoms with Crippen LogP contribution in [0.15, 0.2) is 35.2 Å². The van der Waals surface area contributed by atoms with Crippen molar-refractivity contribution in [1.82, 2.24) is 14.1 Å². The van der Waals surface area contributed by atoms with Crippen LogP contribution < -0.4 is 5.32 Å². The lowest BCUT2D eigenvalue weighted by molar-refractivity contribution is -0.121. The van der Waals surface area contributed by atoms with Crippen LogP contribution in [-0.2, 0) is 21.4 Å². The monoisotopic (exact) mass is 443 g/mol. The average Bonchev–Trinajstić information content (AvgIpc) is 3.11. The predicted molar refractivity (Wildman–Crippen MR) is 114 cm³/mol.